The molecule has 130 valence electrons. The Balaban J connectivity index is 1.84. The molecule has 0 amide bonds. The van der Waals surface area contributed by atoms with Crippen LogP contribution in [-0.4, -0.2) is 47.6 Å². The van der Waals surface area contributed by atoms with Gasteiger partial charge in [-0.15, -0.1) is 9.46 Å². The number of aromatic amines is 2. The molecule has 0 fully saturated rings. The Morgan fingerprint density at radius 3 is 2.08 bits per heavy atom. The number of carbonyl (C=O) groups excluding carboxylic acids is 2. The van der Waals surface area contributed by atoms with E-state index in [-0.39, 0.29) is 34.1 Å². The molecular weight excluding hydrogens is 362 g/mol. The first-order valence-corrected chi connectivity index (χ1v) is 7.28. The number of hydrogen-bond acceptors (Lipinski definition) is 9. The van der Waals surface area contributed by atoms with Crippen LogP contribution >= 0.6 is 24.4 Å². The van der Waals surface area contributed by atoms with Gasteiger partial charge in [-0.1, -0.05) is 0 Å². The van der Waals surface area contributed by atoms with Crippen LogP contribution in [0.3, 0.4) is 0 Å². The highest BCUT2D eigenvalue weighted by Gasteiger charge is 2.19. The van der Waals surface area contributed by atoms with Gasteiger partial charge >= 0.3 is 11.9 Å². The van der Waals surface area contributed by atoms with Crippen molar-refractivity contribution < 1.29 is 29.5 Å². The van der Waals surface area contributed by atoms with E-state index < -0.39 is 18.0 Å². The van der Waals surface area contributed by atoms with Gasteiger partial charge in [0.25, 0.3) is 0 Å². The highest BCUT2D eigenvalue weighted by atomic mass is 32.1. The lowest BCUT2D eigenvalue weighted by atomic mass is 10.2. The highest BCUT2D eigenvalue weighted by Crippen LogP contribution is 2.06. The van der Waals surface area contributed by atoms with E-state index in [2.05, 4.69) is 9.97 Å². The average molecular weight is 375 g/mol. The van der Waals surface area contributed by atoms with Crippen LogP contribution in [0, 0.1) is 9.54 Å². The van der Waals surface area contributed by atoms with Crippen LogP contribution in [0.2, 0.25) is 0 Å². The van der Waals surface area contributed by atoms with Crippen molar-refractivity contribution in [3.8, 4) is 11.8 Å². The molecule has 13 heteroatoms. The third-order valence-corrected chi connectivity index (χ3v) is 3.26. The lowest BCUT2D eigenvalue weighted by Crippen LogP contribution is -2.38. The van der Waals surface area contributed by atoms with E-state index in [9.17, 15) is 9.59 Å². The third kappa shape index (κ3) is 4.43. The van der Waals surface area contributed by atoms with Crippen molar-refractivity contribution in [3.05, 3.63) is 21.9 Å². The molecule has 6 N–H and O–H groups in total. The predicted octanol–water partition coefficient (Wildman–Crippen LogP) is -0.466. The highest BCUT2D eigenvalue weighted by molar-refractivity contribution is 7.71. The van der Waals surface area contributed by atoms with Crippen LogP contribution in [0.15, 0.2) is 12.4 Å². The summed E-state index contributed by atoms with van der Waals surface area (Å²) in [7, 11) is 0. The summed E-state index contributed by atoms with van der Waals surface area (Å²) in [6.07, 6.45) is 1.87. The summed E-state index contributed by atoms with van der Waals surface area (Å²) >= 11 is 9.58. The Morgan fingerprint density at radius 1 is 1.12 bits per heavy atom. The van der Waals surface area contributed by atoms with Crippen molar-refractivity contribution >= 4 is 36.4 Å². The van der Waals surface area contributed by atoms with Crippen LogP contribution < -0.4 is 15.4 Å². The van der Waals surface area contributed by atoms with Gasteiger partial charge in [-0.25, -0.2) is 9.59 Å². The minimum Gasteiger partial charge on any atom is -0.493 e. The average Bonchev–Trinajstić information content (AvgIpc) is 2.97. The molecule has 0 radical (unpaired) electrons. The molecule has 0 aromatic carbocycles. The molecule has 2 aromatic heterocycles. The van der Waals surface area contributed by atoms with Gasteiger partial charge in [0.05, 0.1) is 6.42 Å². The fourth-order valence-electron chi connectivity index (χ4n) is 1.58. The number of imidazole rings is 2. The number of nitrogens with zero attached hydrogens (tertiary/aromatic N) is 2. The van der Waals surface area contributed by atoms with Gasteiger partial charge < -0.3 is 25.6 Å². The molecule has 1 atom stereocenters. The molecule has 24 heavy (non-hydrogen) atoms. The Kier molecular flexibility index (Phi) is 5.38. The number of hydrogen-bond donors (Lipinski definition) is 5. The summed E-state index contributed by atoms with van der Waals surface area (Å²) in [5, 5.41) is 18.3. The number of aromatic nitrogens is 4. The number of rotatable bonds is 6. The summed E-state index contributed by atoms with van der Waals surface area (Å²) in [6.45, 7) is 0. The van der Waals surface area contributed by atoms with Crippen molar-refractivity contribution in [2.75, 3.05) is 0 Å². The van der Waals surface area contributed by atoms with E-state index in [1.807, 2.05) is 0 Å². The van der Waals surface area contributed by atoms with Gasteiger partial charge in [-0.3, -0.25) is 9.97 Å². The zero-order valence-electron chi connectivity index (χ0n) is 12.0. The largest absolute Gasteiger partial charge is 0.493 e. The summed E-state index contributed by atoms with van der Waals surface area (Å²) in [6, 6.07) is -1.12. The second-order valence-electron chi connectivity index (χ2n) is 4.56. The number of H-pyrrole nitrogens is 2. The monoisotopic (exact) mass is 375 g/mol. The lowest BCUT2D eigenvalue weighted by Gasteiger charge is -2.10. The van der Waals surface area contributed by atoms with Crippen molar-refractivity contribution in [2.24, 2.45) is 5.73 Å². The molecule has 2 rings (SSSR count). The summed E-state index contributed by atoms with van der Waals surface area (Å²) in [4.78, 5) is 37.8. The van der Waals surface area contributed by atoms with Gasteiger partial charge in [0, 0.05) is 0 Å². The van der Waals surface area contributed by atoms with Crippen molar-refractivity contribution in [3.63, 3.8) is 0 Å². The molecule has 0 unspecified atom stereocenters. The topological polar surface area (TPSA) is 161 Å². The first-order chi connectivity index (χ1) is 11.3. The van der Waals surface area contributed by atoms with E-state index >= 15 is 0 Å². The molecule has 2 aromatic rings. The van der Waals surface area contributed by atoms with Crippen LogP contribution in [0.1, 0.15) is 12.8 Å². The molecule has 0 spiro atoms. The fraction of sp³-hybridized carbons (Fsp3) is 0.273. The molecule has 0 aliphatic heterocycles. The van der Waals surface area contributed by atoms with E-state index in [1.165, 1.54) is 0 Å². The zero-order valence-corrected chi connectivity index (χ0v) is 13.6. The summed E-state index contributed by atoms with van der Waals surface area (Å²) in [5.74, 6) is -2.12. The van der Waals surface area contributed by atoms with Crippen LogP contribution in [0.5, 0.6) is 11.8 Å². The molecule has 0 saturated heterocycles. The molecule has 11 nitrogen and oxygen atoms in total. The second-order valence-corrected chi connectivity index (χ2v) is 5.33. The number of aromatic hydroxyl groups is 2. The van der Waals surface area contributed by atoms with Crippen LogP contribution in [0.25, 0.3) is 0 Å². The Labute approximate surface area is 144 Å². The van der Waals surface area contributed by atoms with Crippen molar-refractivity contribution in [1.82, 2.24) is 19.4 Å². The maximum Gasteiger partial charge on any atom is 0.349 e. The number of nitrogens with two attached hydrogens (primary N) is 1. The van der Waals surface area contributed by atoms with Crippen molar-refractivity contribution in [1.29, 1.82) is 0 Å². The fourth-order valence-corrected chi connectivity index (χ4v) is 1.97. The molecule has 0 aliphatic carbocycles. The molecule has 2 heterocycles. The number of nitrogens with one attached hydrogen (secondary N) is 2. The first kappa shape index (κ1) is 17.7. The molecular formula is C11H13N5O6S2. The van der Waals surface area contributed by atoms with E-state index in [4.69, 9.17) is 50.1 Å². The molecule has 0 saturated carbocycles. The van der Waals surface area contributed by atoms with Gasteiger partial charge in [-0.05, 0) is 30.9 Å². The Morgan fingerprint density at radius 2 is 1.62 bits per heavy atom. The van der Waals surface area contributed by atoms with E-state index in [0.717, 1.165) is 21.9 Å². The predicted molar refractivity (Wildman–Crippen MR) is 82.9 cm³/mol. The normalized spacial score (nSPS) is 11.9. The van der Waals surface area contributed by atoms with Crippen LogP contribution in [-0.2, 0) is 9.59 Å². The van der Waals surface area contributed by atoms with Gasteiger partial charge in [-0.2, -0.15) is 0 Å². The summed E-state index contributed by atoms with van der Waals surface area (Å²) in [5.41, 5.74) is 5.62. The SMILES string of the molecule is N[C@@H](CCC(=O)On1cc(O)[nH]c1=S)C(=O)On1cc(O)[nH]c1=S. The number of carbonyl (C=O) groups is 2. The minimum absolute atomic E-state index is 0.00815. The quantitative estimate of drug-likeness (QED) is 0.421. The molecule has 0 bridgehead atoms. The maximum atomic E-state index is 11.8. The van der Waals surface area contributed by atoms with Crippen molar-refractivity contribution in [2.45, 2.75) is 18.9 Å². The minimum atomic E-state index is -1.12. The summed E-state index contributed by atoms with van der Waals surface area (Å²) < 4.78 is 1.67. The van der Waals surface area contributed by atoms with E-state index in [0.29, 0.717) is 0 Å². The van der Waals surface area contributed by atoms with E-state index in [1.54, 1.807) is 0 Å². The Bertz CT molecular complexity index is 865. The van der Waals surface area contributed by atoms with Crippen LogP contribution in [0.4, 0.5) is 0 Å². The Hall–Kier alpha value is -2.64. The standard InChI is InChI=1S/C11H13N5O6S2/c12-5(9(20)22-16-4-7(18)14-11(16)24)1-2-8(19)21-15-3-6(17)13-10(15)23/h3-5,17-18H,1-2,12H2,(H,13,23)(H,14,24)/t5-/m0/s1. The maximum absolute atomic E-state index is 11.8. The zero-order chi connectivity index (χ0) is 17.9. The lowest BCUT2D eigenvalue weighted by molar-refractivity contribution is -0.147. The second kappa shape index (κ2) is 7.29. The smallest absolute Gasteiger partial charge is 0.349 e. The van der Waals surface area contributed by atoms with Gasteiger partial charge in [0.15, 0.2) is 0 Å². The van der Waals surface area contributed by atoms with Gasteiger partial charge in [0.2, 0.25) is 21.3 Å². The third-order valence-electron chi connectivity index (χ3n) is 2.70. The van der Waals surface area contributed by atoms with Gasteiger partial charge in [0.1, 0.15) is 18.4 Å². The first-order valence-electron chi connectivity index (χ1n) is 6.46. The molecule has 0 aliphatic rings.